The van der Waals surface area contributed by atoms with E-state index in [1.54, 1.807) is 23.6 Å². The zero-order valence-corrected chi connectivity index (χ0v) is 6.47. The molecule has 1 aliphatic heterocycles. The summed E-state index contributed by atoms with van der Waals surface area (Å²) in [4.78, 5) is 0.699. The molecule has 0 fully saturated rings. The van der Waals surface area contributed by atoms with Gasteiger partial charge < -0.3 is 5.11 Å². The van der Waals surface area contributed by atoms with Crippen LogP contribution in [-0.2, 0) is 10.8 Å². The van der Waals surface area contributed by atoms with Crippen molar-refractivity contribution in [2.24, 2.45) is 0 Å². The lowest BCUT2D eigenvalue weighted by Gasteiger charge is -1.96. The van der Waals surface area contributed by atoms with Gasteiger partial charge in [-0.15, -0.1) is 0 Å². The van der Waals surface area contributed by atoms with Crippen LogP contribution in [0.4, 0.5) is 0 Å². The normalized spacial score (nSPS) is 20.2. The van der Waals surface area contributed by atoms with Crippen LogP contribution in [0.2, 0.25) is 0 Å². The zero-order chi connectivity index (χ0) is 7.84. The maximum absolute atomic E-state index is 11.1. The first-order valence-corrected chi connectivity index (χ1v) is 4.40. The lowest BCUT2D eigenvalue weighted by Crippen LogP contribution is -1.82. The van der Waals surface area contributed by atoms with Crippen LogP contribution >= 0.6 is 0 Å². The molecule has 2 rings (SSSR count). The number of hydrogen-bond donors (Lipinski definition) is 1. The Morgan fingerprint density at radius 1 is 1.36 bits per heavy atom. The Kier molecular flexibility index (Phi) is 1.32. The van der Waals surface area contributed by atoms with Gasteiger partial charge in [-0.05, 0) is 23.8 Å². The fourth-order valence-corrected chi connectivity index (χ4v) is 2.07. The SMILES string of the molecule is O=S1C=Cc2ccc(O)cc21. The highest BCUT2D eigenvalue weighted by Crippen LogP contribution is 2.26. The molecule has 1 aromatic carbocycles. The first-order valence-electron chi connectivity index (χ1n) is 3.19. The second-order valence-electron chi connectivity index (χ2n) is 2.32. The topological polar surface area (TPSA) is 37.3 Å². The molecule has 3 heteroatoms. The van der Waals surface area contributed by atoms with Gasteiger partial charge in [0.25, 0.3) is 0 Å². The summed E-state index contributed by atoms with van der Waals surface area (Å²) in [5.41, 5.74) is 0.932. The smallest absolute Gasteiger partial charge is 0.116 e. The second kappa shape index (κ2) is 2.20. The molecule has 0 amide bonds. The summed E-state index contributed by atoms with van der Waals surface area (Å²) in [6.07, 6.45) is 1.80. The van der Waals surface area contributed by atoms with Gasteiger partial charge in [0.15, 0.2) is 0 Å². The van der Waals surface area contributed by atoms with E-state index in [9.17, 15) is 4.21 Å². The van der Waals surface area contributed by atoms with Crippen molar-refractivity contribution in [3.8, 4) is 5.75 Å². The summed E-state index contributed by atoms with van der Waals surface area (Å²) in [5.74, 6) is 0.167. The number of benzene rings is 1. The Labute approximate surface area is 66.6 Å². The summed E-state index contributed by atoms with van der Waals surface area (Å²) < 4.78 is 11.1. The van der Waals surface area contributed by atoms with E-state index in [-0.39, 0.29) is 5.75 Å². The van der Waals surface area contributed by atoms with E-state index < -0.39 is 10.8 Å². The highest BCUT2D eigenvalue weighted by atomic mass is 32.2. The van der Waals surface area contributed by atoms with Crippen molar-refractivity contribution < 1.29 is 9.32 Å². The number of aromatic hydroxyl groups is 1. The van der Waals surface area contributed by atoms with Gasteiger partial charge >= 0.3 is 0 Å². The van der Waals surface area contributed by atoms with E-state index in [1.165, 1.54) is 6.07 Å². The fraction of sp³-hybridized carbons (Fsp3) is 0. The van der Waals surface area contributed by atoms with Crippen molar-refractivity contribution in [2.45, 2.75) is 4.90 Å². The number of phenolic OH excluding ortho intramolecular Hbond substituents is 1. The third-order valence-corrected chi connectivity index (χ3v) is 2.76. The van der Waals surface area contributed by atoms with Crippen LogP contribution in [0.3, 0.4) is 0 Å². The number of rotatable bonds is 0. The Balaban J connectivity index is 2.67. The van der Waals surface area contributed by atoms with Gasteiger partial charge in [-0.2, -0.15) is 0 Å². The summed E-state index contributed by atoms with van der Waals surface area (Å²) in [5, 5.41) is 10.7. The van der Waals surface area contributed by atoms with Gasteiger partial charge in [0.05, 0.1) is 15.7 Å². The fourth-order valence-electron chi connectivity index (χ4n) is 1.04. The third kappa shape index (κ3) is 0.973. The molecule has 1 aliphatic rings. The third-order valence-electron chi connectivity index (χ3n) is 1.59. The Morgan fingerprint density at radius 3 is 3.00 bits per heavy atom. The molecule has 1 atom stereocenters. The van der Waals surface area contributed by atoms with E-state index in [4.69, 9.17) is 5.11 Å². The summed E-state index contributed by atoms with van der Waals surface area (Å²) in [7, 11) is -1.05. The van der Waals surface area contributed by atoms with E-state index >= 15 is 0 Å². The maximum atomic E-state index is 11.1. The molecule has 0 aliphatic carbocycles. The predicted octanol–water partition coefficient (Wildman–Crippen LogP) is 1.48. The van der Waals surface area contributed by atoms with Crippen LogP contribution in [0, 0.1) is 0 Å². The standard InChI is InChI=1S/C8H6O2S/c9-7-2-1-6-3-4-11(10)8(6)5-7/h1-5,9H. The molecule has 11 heavy (non-hydrogen) atoms. The summed E-state index contributed by atoms with van der Waals surface area (Å²) >= 11 is 0. The first kappa shape index (κ1) is 6.61. The predicted molar refractivity (Wildman–Crippen MR) is 43.5 cm³/mol. The largest absolute Gasteiger partial charge is 0.508 e. The summed E-state index contributed by atoms with van der Waals surface area (Å²) in [6.45, 7) is 0. The van der Waals surface area contributed by atoms with Crippen molar-refractivity contribution in [1.82, 2.24) is 0 Å². The van der Waals surface area contributed by atoms with Gasteiger partial charge in [0.1, 0.15) is 5.75 Å². The van der Waals surface area contributed by atoms with Crippen molar-refractivity contribution in [2.75, 3.05) is 0 Å². The van der Waals surface area contributed by atoms with Crippen molar-refractivity contribution >= 4 is 16.9 Å². The van der Waals surface area contributed by atoms with Crippen LogP contribution in [0.25, 0.3) is 6.08 Å². The van der Waals surface area contributed by atoms with Crippen LogP contribution in [0.5, 0.6) is 5.75 Å². The van der Waals surface area contributed by atoms with Gasteiger partial charge in [0, 0.05) is 5.41 Å². The van der Waals surface area contributed by atoms with Crippen molar-refractivity contribution in [1.29, 1.82) is 0 Å². The number of hydrogen-bond acceptors (Lipinski definition) is 2. The average molecular weight is 166 g/mol. The molecule has 0 spiro atoms. The molecule has 0 radical (unpaired) electrons. The Hall–Kier alpha value is -1.09. The van der Waals surface area contributed by atoms with Gasteiger partial charge in [-0.1, -0.05) is 6.07 Å². The number of phenols is 1. The molecule has 1 unspecified atom stereocenters. The second-order valence-corrected chi connectivity index (χ2v) is 3.63. The highest BCUT2D eigenvalue weighted by molar-refractivity contribution is 7.88. The van der Waals surface area contributed by atoms with Crippen molar-refractivity contribution in [3.63, 3.8) is 0 Å². The van der Waals surface area contributed by atoms with Crippen LogP contribution in [-0.4, -0.2) is 9.32 Å². The lowest BCUT2D eigenvalue weighted by molar-refractivity contribution is 0.473. The first-order chi connectivity index (χ1) is 5.27. The average Bonchev–Trinajstić information content (AvgIpc) is 2.33. The molecule has 2 nitrogen and oxygen atoms in total. The van der Waals surface area contributed by atoms with Crippen LogP contribution < -0.4 is 0 Å². The monoisotopic (exact) mass is 166 g/mol. The van der Waals surface area contributed by atoms with Crippen LogP contribution in [0.15, 0.2) is 28.5 Å². The zero-order valence-electron chi connectivity index (χ0n) is 5.65. The Bertz CT molecular complexity index is 355. The molecule has 0 bridgehead atoms. The lowest BCUT2D eigenvalue weighted by atomic mass is 10.2. The minimum Gasteiger partial charge on any atom is -0.508 e. The molecule has 1 N–H and O–H groups in total. The highest BCUT2D eigenvalue weighted by Gasteiger charge is 2.11. The van der Waals surface area contributed by atoms with E-state index in [2.05, 4.69) is 0 Å². The van der Waals surface area contributed by atoms with E-state index in [0.717, 1.165) is 5.56 Å². The molecular formula is C8H6O2S. The minimum atomic E-state index is -1.05. The van der Waals surface area contributed by atoms with Crippen LogP contribution in [0.1, 0.15) is 5.56 Å². The molecule has 0 aromatic heterocycles. The molecular weight excluding hydrogens is 160 g/mol. The van der Waals surface area contributed by atoms with Crippen molar-refractivity contribution in [3.05, 3.63) is 29.2 Å². The Morgan fingerprint density at radius 2 is 2.18 bits per heavy atom. The van der Waals surface area contributed by atoms with E-state index in [0.29, 0.717) is 4.90 Å². The van der Waals surface area contributed by atoms with Gasteiger partial charge in [-0.3, -0.25) is 0 Å². The minimum absolute atomic E-state index is 0.167. The van der Waals surface area contributed by atoms with Gasteiger partial charge in [0.2, 0.25) is 0 Å². The molecule has 1 heterocycles. The van der Waals surface area contributed by atoms with Gasteiger partial charge in [-0.25, -0.2) is 4.21 Å². The quantitative estimate of drug-likeness (QED) is 0.634. The molecule has 0 saturated heterocycles. The molecule has 1 aromatic rings. The summed E-state index contributed by atoms with van der Waals surface area (Å²) in [6, 6.07) is 4.88. The maximum Gasteiger partial charge on any atom is 0.116 e. The number of fused-ring (bicyclic) bond motifs is 1. The van der Waals surface area contributed by atoms with E-state index in [1.807, 2.05) is 0 Å². The molecule has 0 saturated carbocycles. The molecule has 56 valence electrons.